The summed E-state index contributed by atoms with van der Waals surface area (Å²) in [4.78, 5) is 22.1. The molecule has 2 aromatic carbocycles. The van der Waals surface area contributed by atoms with E-state index in [-0.39, 0.29) is 5.69 Å². The van der Waals surface area contributed by atoms with Crippen molar-refractivity contribution in [3.63, 3.8) is 0 Å². The Morgan fingerprint density at radius 1 is 1.29 bits per heavy atom. The average molecular weight is 353 g/mol. The fraction of sp³-hybridized carbons (Fsp3) is 0.0714. The molecule has 0 saturated carbocycles. The first kappa shape index (κ1) is 15.1. The van der Waals surface area contributed by atoms with Gasteiger partial charge in [-0.3, -0.25) is 14.9 Å². The maximum atomic E-state index is 13.3. The molecule has 0 heterocycles. The number of hydrogen-bond donors (Lipinski definition) is 1. The number of carbonyl (C=O) groups is 1. The highest BCUT2D eigenvalue weighted by Gasteiger charge is 2.14. The number of non-ortho nitro benzene ring substituents is 1. The van der Waals surface area contributed by atoms with E-state index in [1.54, 1.807) is 18.2 Å². The molecule has 2 aromatic rings. The highest BCUT2D eigenvalue weighted by Crippen LogP contribution is 2.23. The van der Waals surface area contributed by atoms with Gasteiger partial charge in [0.2, 0.25) is 0 Å². The molecule has 0 aliphatic heterocycles. The van der Waals surface area contributed by atoms with E-state index in [9.17, 15) is 19.3 Å². The van der Waals surface area contributed by atoms with E-state index in [4.69, 9.17) is 0 Å². The molecule has 0 bridgehead atoms. The molecule has 0 spiro atoms. The van der Waals surface area contributed by atoms with Crippen LogP contribution in [0.15, 0.2) is 40.9 Å². The fourth-order valence-electron chi connectivity index (χ4n) is 1.75. The third-order valence-electron chi connectivity index (χ3n) is 2.72. The molecule has 0 unspecified atom stereocenters. The first-order chi connectivity index (χ1) is 9.86. The first-order valence-electron chi connectivity index (χ1n) is 5.89. The SMILES string of the molecule is Cc1ccc(C(=O)Nc2cc(F)cc([N+](=O)[O-])c2)c(Br)c1. The smallest absolute Gasteiger partial charge is 0.274 e. The summed E-state index contributed by atoms with van der Waals surface area (Å²) < 4.78 is 13.9. The van der Waals surface area contributed by atoms with Crippen LogP contribution in [0.4, 0.5) is 15.8 Å². The number of carbonyl (C=O) groups excluding carboxylic acids is 1. The van der Waals surface area contributed by atoms with Gasteiger partial charge in [0.05, 0.1) is 22.2 Å². The van der Waals surface area contributed by atoms with Crippen LogP contribution in [-0.4, -0.2) is 10.8 Å². The maximum Gasteiger partial charge on any atom is 0.274 e. The van der Waals surface area contributed by atoms with Crippen molar-refractivity contribution in [2.24, 2.45) is 0 Å². The van der Waals surface area contributed by atoms with Crippen molar-refractivity contribution in [3.05, 3.63) is 67.9 Å². The third-order valence-corrected chi connectivity index (χ3v) is 3.38. The molecule has 0 saturated heterocycles. The second-order valence-electron chi connectivity index (χ2n) is 4.39. The number of anilines is 1. The van der Waals surface area contributed by atoms with E-state index in [2.05, 4.69) is 21.2 Å². The van der Waals surface area contributed by atoms with Crippen molar-refractivity contribution in [1.82, 2.24) is 0 Å². The Hall–Kier alpha value is -2.28. The van der Waals surface area contributed by atoms with Crippen LogP contribution in [0.3, 0.4) is 0 Å². The molecule has 0 fully saturated rings. The standard InChI is InChI=1S/C14H10BrFN2O3/c1-8-2-3-12(13(15)4-8)14(19)17-10-5-9(16)6-11(7-10)18(20)21/h2-7H,1H3,(H,17,19). The van der Waals surface area contributed by atoms with Crippen LogP contribution in [0.25, 0.3) is 0 Å². The van der Waals surface area contributed by atoms with Gasteiger partial charge in [0, 0.05) is 10.5 Å². The Balaban J connectivity index is 2.29. The van der Waals surface area contributed by atoms with Gasteiger partial charge in [0.15, 0.2) is 0 Å². The fourth-order valence-corrected chi connectivity index (χ4v) is 2.43. The Kier molecular flexibility index (Phi) is 4.32. The van der Waals surface area contributed by atoms with Crippen molar-refractivity contribution in [2.75, 3.05) is 5.32 Å². The zero-order valence-corrected chi connectivity index (χ0v) is 12.5. The van der Waals surface area contributed by atoms with Gasteiger partial charge < -0.3 is 5.32 Å². The van der Waals surface area contributed by atoms with Gasteiger partial charge in [0.25, 0.3) is 11.6 Å². The molecule has 5 nitrogen and oxygen atoms in total. The number of rotatable bonds is 3. The molecule has 21 heavy (non-hydrogen) atoms. The maximum absolute atomic E-state index is 13.3. The largest absolute Gasteiger partial charge is 0.322 e. The minimum Gasteiger partial charge on any atom is -0.322 e. The number of aryl methyl sites for hydroxylation is 1. The lowest BCUT2D eigenvalue weighted by atomic mass is 10.1. The Bertz CT molecular complexity index is 734. The van der Waals surface area contributed by atoms with Crippen LogP contribution in [0.2, 0.25) is 0 Å². The van der Waals surface area contributed by atoms with E-state index in [1.807, 2.05) is 6.92 Å². The summed E-state index contributed by atoms with van der Waals surface area (Å²) in [7, 11) is 0. The van der Waals surface area contributed by atoms with Crippen LogP contribution in [0.5, 0.6) is 0 Å². The zero-order chi connectivity index (χ0) is 15.6. The molecule has 0 aliphatic carbocycles. The second kappa shape index (κ2) is 6.01. The molecule has 1 N–H and O–H groups in total. The lowest BCUT2D eigenvalue weighted by Crippen LogP contribution is -2.13. The molecular weight excluding hydrogens is 343 g/mol. The van der Waals surface area contributed by atoms with Crippen molar-refractivity contribution in [3.8, 4) is 0 Å². The van der Waals surface area contributed by atoms with Gasteiger partial charge in [-0.15, -0.1) is 0 Å². The molecule has 0 radical (unpaired) electrons. The third kappa shape index (κ3) is 3.63. The predicted octanol–water partition coefficient (Wildman–Crippen LogP) is 4.06. The summed E-state index contributed by atoms with van der Waals surface area (Å²) in [6, 6.07) is 8.05. The van der Waals surface area contributed by atoms with Crippen molar-refractivity contribution < 1.29 is 14.1 Å². The number of amides is 1. The van der Waals surface area contributed by atoms with Gasteiger partial charge in [-0.25, -0.2) is 4.39 Å². The average Bonchev–Trinajstić information content (AvgIpc) is 2.37. The van der Waals surface area contributed by atoms with Gasteiger partial charge in [-0.05, 0) is 46.6 Å². The van der Waals surface area contributed by atoms with Crippen LogP contribution in [0, 0.1) is 22.9 Å². The van der Waals surface area contributed by atoms with Gasteiger partial charge in [-0.1, -0.05) is 6.07 Å². The Morgan fingerprint density at radius 3 is 2.62 bits per heavy atom. The number of nitrogens with one attached hydrogen (secondary N) is 1. The van der Waals surface area contributed by atoms with Crippen LogP contribution >= 0.6 is 15.9 Å². The normalized spacial score (nSPS) is 10.2. The molecule has 108 valence electrons. The lowest BCUT2D eigenvalue weighted by Gasteiger charge is -2.07. The first-order valence-corrected chi connectivity index (χ1v) is 6.68. The van der Waals surface area contributed by atoms with Crippen molar-refractivity contribution in [2.45, 2.75) is 6.92 Å². The van der Waals surface area contributed by atoms with E-state index < -0.39 is 22.3 Å². The van der Waals surface area contributed by atoms with Crippen LogP contribution < -0.4 is 5.32 Å². The molecule has 2 rings (SSSR count). The summed E-state index contributed by atoms with van der Waals surface area (Å²) in [5, 5.41) is 13.1. The lowest BCUT2D eigenvalue weighted by molar-refractivity contribution is -0.385. The number of hydrogen-bond acceptors (Lipinski definition) is 3. The summed E-state index contributed by atoms with van der Waals surface area (Å²) in [6.07, 6.45) is 0. The second-order valence-corrected chi connectivity index (χ2v) is 5.25. The zero-order valence-electron chi connectivity index (χ0n) is 10.9. The summed E-state index contributed by atoms with van der Waals surface area (Å²) in [5.41, 5.74) is 0.930. The van der Waals surface area contributed by atoms with Crippen LogP contribution in [-0.2, 0) is 0 Å². The van der Waals surface area contributed by atoms with Crippen molar-refractivity contribution in [1.29, 1.82) is 0 Å². The molecule has 7 heteroatoms. The summed E-state index contributed by atoms with van der Waals surface area (Å²) in [6.45, 7) is 1.88. The monoisotopic (exact) mass is 352 g/mol. The number of halogens is 2. The van der Waals surface area contributed by atoms with E-state index >= 15 is 0 Å². The van der Waals surface area contributed by atoms with Gasteiger partial charge in [0.1, 0.15) is 5.82 Å². The molecule has 0 aromatic heterocycles. The highest BCUT2D eigenvalue weighted by atomic mass is 79.9. The number of benzene rings is 2. The summed E-state index contributed by atoms with van der Waals surface area (Å²) >= 11 is 3.27. The molecule has 0 aliphatic rings. The Labute approximate surface area is 128 Å². The quantitative estimate of drug-likeness (QED) is 0.668. The summed E-state index contributed by atoms with van der Waals surface area (Å²) in [5.74, 6) is -1.27. The molecular formula is C14H10BrFN2O3. The Morgan fingerprint density at radius 2 is 2.00 bits per heavy atom. The van der Waals surface area contributed by atoms with Gasteiger partial charge >= 0.3 is 0 Å². The van der Waals surface area contributed by atoms with E-state index in [0.717, 1.165) is 23.8 Å². The van der Waals surface area contributed by atoms with Crippen LogP contribution in [0.1, 0.15) is 15.9 Å². The van der Waals surface area contributed by atoms with E-state index in [1.165, 1.54) is 0 Å². The molecule has 0 atom stereocenters. The topological polar surface area (TPSA) is 72.2 Å². The number of nitro groups is 1. The highest BCUT2D eigenvalue weighted by molar-refractivity contribution is 9.10. The molecule has 1 amide bonds. The number of nitro benzene ring substituents is 1. The van der Waals surface area contributed by atoms with Crippen molar-refractivity contribution >= 4 is 33.2 Å². The van der Waals surface area contributed by atoms with Gasteiger partial charge in [-0.2, -0.15) is 0 Å². The van der Waals surface area contributed by atoms with E-state index in [0.29, 0.717) is 10.0 Å². The number of nitrogens with zero attached hydrogens (tertiary/aromatic N) is 1. The minimum absolute atomic E-state index is 0.0270. The predicted molar refractivity (Wildman–Crippen MR) is 79.9 cm³/mol. The minimum atomic E-state index is -0.789.